The van der Waals surface area contributed by atoms with Gasteiger partial charge >= 0.3 is 32.1 Å². The molecule has 13 heteroatoms. The van der Waals surface area contributed by atoms with Gasteiger partial charge in [-0.25, -0.2) is 0 Å². The quantitative estimate of drug-likeness (QED) is 0.0993. The zero-order valence-electron chi connectivity index (χ0n) is 20.1. The summed E-state index contributed by atoms with van der Waals surface area (Å²) in [5, 5.41) is 0. The summed E-state index contributed by atoms with van der Waals surface area (Å²) in [4.78, 5) is 0. The smallest absolute Gasteiger partial charge is 0.483 e. The highest BCUT2D eigenvalue weighted by molar-refractivity contribution is 6.71. The molecule has 1 unspecified atom stereocenters. The second kappa shape index (κ2) is 11.8. The summed E-state index contributed by atoms with van der Waals surface area (Å²) in [6.07, 6.45) is -3.95. The molecule has 0 amide bonds. The van der Waals surface area contributed by atoms with Crippen molar-refractivity contribution in [2.24, 2.45) is 0 Å². The van der Waals surface area contributed by atoms with Crippen LogP contribution < -0.4 is 9.16 Å². The van der Waals surface area contributed by atoms with Gasteiger partial charge in [0, 0.05) is 6.04 Å². The van der Waals surface area contributed by atoms with E-state index in [1.807, 2.05) is 0 Å². The molecule has 0 aromatic heterocycles. The van der Waals surface area contributed by atoms with E-state index in [4.69, 9.17) is 13.6 Å². The van der Waals surface area contributed by atoms with E-state index < -0.39 is 50.7 Å². The highest BCUT2D eigenvalue weighted by Crippen LogP contribution is 2.56. The van der Waals surface area contributed by atoms with Gasteiger partial charge in [0.05, 0.1) is 0 Å². The summed E-state index contributed by atoms with van der Waals surface area (Å²) in [5.41, 5.74) is -5.47. The SMILES string of the molecule is C=CCc1ccccc1OCO[Si](CC)(Oc1ccccc1CC=C)C(F)(F)C(F)(F)C(F)(F)C(F)(F)F. The van der Waals surface area contributed by atoms with Crippen LogP contribution in [-0.4, -0.2) is 38.9 Å². The Labute approximate surface area is 214 Å². The summed E-state index contributed by atoms with van der Waals surface area (Å²) >= 11 is 0. The Morgan fingerprint density at radius 2 is 1.21 bits per heavy atom. The predicted octanol–water partition coefficient (Wildman–Crippen LogP) is 8.05. The number of hydrogen-bond acceptors (Lipinski definition) is 3. The maximum Gasteiger partial charge on any atom is 0.483 e. The molecule has 2 aromatic carbocycles. The van der Waals surface area contributed by atoms with Crippen molar-refractivity contribution in [1.82, 2.24) is 0 Å². The molecule has 0 heterocycles. The van der Waals surface area contributed by atoms with Gasteiger partial charge in [-0.05, 0) is 36.1 Å². The standard InChI is InChI=1S/C25H25F9O3Si/c1-4-11-18-13-7-9-15-20(18)35-17-36-38(6-3,37-21-16-10-8-14-19(21)12-5-2)25(33,34)23(28,29)22(26,27)24(30,31)32/h4-5,7-10,13-16H,1-2,6,11-12,17H2,3H3. The fourth-order valence-corrected chi connectivity index (χ4v) is 6.06. The Kier molecular flexibility index (Phi) is 9.76. The molecule has 38 heavy (non-hydrogen) atoms. The molecule has 0 aliphatic rings. The molecule has 0 saturated heterocycles. The molecule has 0 aliphatic heterocycles. The maximum atomic E-state index is 15.5. The first-order valence-electron chi connectivity index (χ1n) is 11.2. The van der Waals surface area contributed by atoms with Crippen molar-refractivity contribution in [2.45, 2.75) is 49.4 Å². The Hall–Kier alpha value is -2.93. The average Bonchev–Trinajstić information content (AvgIpc) is 2.84. The van der Waals surface area contributed by atoms with E-state index in [2.05, 4.69) is 13.2 Å². The number of ether oxygens (including phenoxy) is 1. The van der Waals surface area contributed by atoms with Crippen LogP contribution in [0.3, 0.4) is 0 Å². The molecular formula is C25H25F9O3Si. The lowest BCUT2D eigenvalue weighted by Gasteiger charge is -2.42. The van der Waals surface area contributed by atoms with Gasteiger partial charge in [-0.15, -0.1) is 13.2 Å². The summed E-state index contributed by atoms with van der Waals surface area (Å²) in [7, 11) is -6.05. The molecule has 3 nitrogen and oxygen atoms in total. The van der Waals surface area contributed by atoms with Crippen LogP contribution in [0.4, 0.5) is 39.5 Å². The monoisotopic (exact) mass is 572 g/mol. The van der Waals surface area contributed by atoms with E-state index in [-0.39, 0.29) is 24.2 Å². The zero-order chi connectivity index (χ0) is 28.8. The summed E-state index contributed by atoms with van der Waals surface area (Å²) < 4.78 is 142. The van der Waals surface area contributed by atoms with Gasteiger partial charge in [0.2, 0.25) is 0 Å². The van der Waals surface area contributed by atoms with Gasteiger partial charge in [-0.1, -0.05) is 55.5 Å². The van der Waals surface area contributed by atoms with Crippen LogP contribution in [0.25, 0.3) is 0 Å². The topological polar surface area (TPSA) is 27.7 Å². The molecule has 0 bridgehead atoms. The fraction of sp³-hybridized carbons (Fsp3) is 0.360. The first kappa shape index (κ1) is 31.3. The van der Waals surface area contributed by atoms with Crippen LogP contribution >= 0.6 is 0 Å². The van der Waals surface area contributed by atoms with E-state index in [0.29, 0.717) is 5.56 Å². The lowest BCUT2D eigenvalue weighted by Crippen LogP contribution is -2.74. The van der Waals surface area contributed by atoms with E-state index in [0.717, 1.165) is 13.0 Å². The van der Waals surface area contributed by atoms with Gasteiger partial charge in [0.1, 0.15) is 11.5 Å². The minimum atomic E-state index is -7.11. The first-order valence-corrected chi connectivity index (χ1v) is 13.2. The van der Waals surface area contributed by atoms with Crippen LogP contribution in [0.2, 0.25) is 6.04 Å². The predicted molar refractivity (Wildman–Crippen MR) is 125 cm³/mol. The normalized spacial score (nSPS) is 14.5. The van der Waals surface area contributed by atoms with Crippen molar-refractivity contribution in [3.63, 3.8) is 0 Å². The van der Waals surface area contributed by atoms with Crippen LogP contribution in [0.1, 0.15) is 18.1 Å². The molecular weight excluding hydrogens is 547 g/mol. The second-order valence-electron chi connectivity index (χ2n) is 8.04. The Morgan fingerprint density at radius 1 is 0.737 bits per heavy atom. The molecule has 210 valence electrons. The molecule has 0 spiro atoms. The third kappa shape index (κ3) is 5.88. The number of para-hydroxylation sites is 2. The van der Waals surface area contributed by atoms with Crippen molar-refractivity contribution in [3.05, 3.63) is 85.0 Å². The van der Waals surface area contributed by atoms with E-state index >= 15 is 8.78 Å². The highest BCUT2D eigenvalue weighted by atomic mass is 28.4. The number of alkyl halides is 9. The molecule has 0 N–H and O–H groups in total. The summed E-state index contributed by atoms with van der Waals surface area (Å²) in [6, 6.07) is 10.1. The maximum absolute atomic E-state index is 15.5. The molecule has 0 radical (unpaired) electrons. The van der Waals surface area contributed by atoms with Crippen LogP contribution in [0.5, 0.6) is 11.5 Å². The minimum Gasteiger partial charge on any atom is -0.517 e. The largest absolute Gasteiger partial charge is 0.517 e. The van der Waals surface area contributed by atoms with Gasteiger partial charge in [0.15, 0.2) is 6.79 Å². The average molecular weight is 573 g/mol. The Balaban J connectivity index is 2.60. The van der Waals surface area contributed by atoms with Gasteiger partial charge in [-0.2, -0.15) is 39.5 Å². The zero-order valence-corrected chi connectivity index (χ0v) is 21.1. The number of rotatable bonds is 14. The van der Waals surface area contributed by atoms with Crippen LogP contribution in [0.15, 0.2) is 73.8 Å². The van der Waals surface area contributed by atoms with Crippen molar-refractivity contribution >= 4 is 8.56 Å². The van der Waals surface area contributed by atoms with E-state index in [1.54, 1.807) is 12.1 Å². The molecule has 1 atom stereocenters. The lowest BCUT2D eigenvalue weighted by molar-refractivity contribution is -0.387. The molecule has 0 fully saturated rings. The number of hydrogen-bond donors (Lipinski definition) is 0. The number of benzene rings is 2. The van der Waals surface area contributed by atoms with E-state index in [1.165, 1.54) is 42.5 Å². The molecule has 0 aliphatic carbocycles. The van der Waals surface area contributed by atoms with Crippen molar-refractivity contribution < 1.29 is 53.1 Å². The summed E-state index contributed by atoms with van der Waals surface area (Å²) in [6.45, 7) is 6.68. The summed E-state index contributed by atoms with van der Waals surface area (Å²) in [5.74, 6) is -14.4. The van der Waals surface area contributed by atoms with Gasteiger partial charge in [0.25, 0.3) is 0 Å². The lowest BCUT2D eigenvalue weighted by atomic mass is 10.1. The molecule has 2 aromatic rings. The molecule has 0 saturated carbocycles. The van der Waals surface area contributed by atoms with Crippen molar-refractivity contribution in [2.75, 3.05) is 6.79 Å². The minimum absolute atomic E-state index is 0.0174. The Morgan fingerprint density at radius 3 is 1.68 bits per heavy atom. The van der Waals surface area contributed by atoms with Crippen molar-refractivity contribution in [3.8, 4) is 11.5 Å². The Bertz CT molecular complexity index is 1110. The van der Waals surface area contributed by atoms with Crippen LogP contribution in [0, 0.1) is 0 Å². The highest BCUT2D eigenvalue weighted by Gasteiger charge is 2.88. The fourth-order valence-electron chi connectivity index (χ4n) is 3.46. The molecule has 2 rings (SSSR count). The van der Waals surface area contributed by atoms with Crippen LogP contribution in [-0.2, 0) is 17.3 Å². The third-order valence-electron chi connectivity index (χ3n) is 5.54. The first-order chi connectivity index (χ1) is 17.6. The number of halogens is 9. The van der Waals surface area contributed by atoms with E-state index in [9.17, 15) is 30.7 Å². The van der Waals surface area contributed by atoms with Gasteiger partial charge in [-0.3, -0.25) is 0 Å². The van der Waals surface area contributed by atoms with Crippen molar-refractivity contribution in [1.29, 1.82) is 0 Å². The van der Waals surface area contributed by atoms with Gasteiger partial charge < -0.3 is 13.6 Å². The number of allylic oxidation sites excluding steroid dienone is 2. The third-order valence-corrected chi connectivity index (χ3v) is 8.88. The second-order valence-corrected chi connectivity index (χ2v) is 11.4.